The van der Waals surface area contributed by atoms with Crippen LogP contribution >= 0.6 is 0 Å². The highest BCUT2D eigenvalue weighted by molar-refractivity contribution is 5.94. The fraction of sp³-hybridized carbons (Fsp3) is 0.208. The van der Waals surface area contributed by atoms with Gasteiger partial charge in [0.1, 0.15) is 11.5 Å². The number of aryl methyl sites for hydroxylation is 2. The van der Waals surface area contributed by atoms with Gasteiger partial charge in [0.05, 0.1) is 19.4 Å². The lowest BCUT2D eigenvalue weighted by Gasteiger charge is -2.11. The molecule has 0 unspecified atom stereocenters. The van der Waals surface area contributed by atoms with Gasteiger partial charge in [-0.15, -0.1) is 0 Å². The van der Waals surface area contributed by atoms with Crippen LogP contribution in [0.3, 0.4) is 0 Å². The minimum absolute atomic E-state index is 0.296. The highest BCUT2D eigenvalue weighted by atomic mass is 16.5. The first kappa shape index (κ1) is 21.0. The van der Waals surface area contributed by atoms with Crippen LogP contribution in [0.25, 0.3) is 0 Å². The van der Waals surface area contributed by atoms with Crippen molar-refractivity contribution >= 4 is 12.1 Å². The molecular weight excluding hydrogens is 378 g/mol. The summed E-state index contributed by atoms with van der Waals surface area (Å²) in [5.41, 5.74) is 6.08. The van der Waals surface area contributed by atoms with E-state index in [0.717, 1.165) is 23.3 Å². The summed E-state index contributed by atoms with van der Waals surface area (Å²) in [6.45, 7) is 5.17. The number of hydrogen-bond acceptors (Lipinski definition) is 5. The van der Waals surface area contributed by atoms with Crippen LogP contribution in [0.15, 0.2) is 72.1 Å². The Kier molecular flexibility index (Phi) is 7.55. The number of benzene rings is 2. The van der Waals surface area contributed by atoms with Gasteiger partial charge in [-0.1, -0.05) is 24.3 Å². The molecule has 0 saturated carbocycles. The quantitative estimate of drug-likeness (QED) is 0.328. The largest absolute Gasteiger partial charge is 0.493 e. The number of para-hydroxylation sites is 1. The Bertz CT molecular complexity index is 1000. The summed E-state index contributed by atoms with van der Waals surface area (Å²) in [6, 6.07) is 17.0. The molecule has 0 fully saturated rings. The smallest absolute Gasteiger partial charge is 0.271 e. The van der Waals surface area contributed by atoms with E-state index in [4.69, 9.17) is 9.47 Å². The predicted octanol–water partition coefficient (Wildman–Crippen LogP) is 4.31. The summed E-state index contributed by atoms with van der Waals surface area (Å²) in [6.07, 6.45) is 5.44. The molecule has 3 rings (SSSR count). The Balaban J connectivity index is 1.48. The molecule has 0 spiro atoms. The van der Waals surface area contributed by atoms with Crippen molar-refractivity contribution in [3.8, 4) is 11.5 Å². The molecule has 0 atom stereocenters. The fourth-order valence-electron chi connectivity index (χ4n) is 2.73. The normalized spacial score (nSPS) is 10.7. The lowest BCUT2D eigenvalue weighted by molar-refractivity contribution is 0.0955. The van der Waals surface area contributed by atoms with E-state index in [2.05, 4.69) is 27.6 Å². The monoisotopic (exact) mass is 403 g/mol. The summed E-state index contributed by atoms with van der Waals surface area (Å²) in [4.78, 5) is 15.9. The number of hydrazone groups is 1. The maximum absolute atomic E-state index is 12.0. The van der Waals surface area contributed by atoms with Crippen molar-refractivity contribution in [3.05, 3.63) is 89.2 Å². The molecule has 1 aromatic heterocycles. The molecule has 154 valence electrons. The van der Waals surface area contributed by atoms with E-state index in [-0.39, 0.29) is 5.91 Å². The molecule has 3 aromatic rings. The molecule has 0 saturated heterocycles. The number of aromatic nitrogens is 1. The summed E-state index contributed by atoms with van der Waals surface area (Å²) in [5, 5.41) is 4.03. The second-order valence-corrected chi connectivity index (χ2v) is 6.79. The van der Waals surface area contributed by atoms with Crippen molar-refractivity contribution in [2.75, 3.05) is 13.2 Å². The van der Waals surface area contributed by atoms with Gasteiger partial charge < -0.3 is 9.47 Å². The van der Waals surface area contributed by atoms with Crippen LogP contribution in [-0.2, 0) is 0 Å². The number of nitrogens with zero attached hydrogens (tertiary/aromatic N) is 2. The zero-order valence-electron chi connectivity index (χ0n) is 17.2. The topological polar surface area (TPSA) is 72.8 Å². The lowest BCUT2D eigenvalue weighted by Crippen LogP contribution is -2.17. The molecule has 1 amide bonds. The first-order valence-electron chi connectivity index (χ1n) is 9.79. The number of nitrogens with one attached hydrogen (secondary N) is 1. The standard InChI is InChI=1S/C24H25N3O3/c1-18-8-9-19(2)23(16-18)30-15-5-14-29-22-7-4-3-6-21(22)17-26-27-24(28)20-10-12-25-13-11-20/h3-4,6-13,16-17H,5,14-15H2,1-2H3,(H,27,28)/b26-17+. The van der Waals surface area contributed by atoms with E-state index in [0.29, 0.717) is 24.5 Å². The Morgan fingerprint density at radius 1 is 1.00 bits per heavy atom. The Morgan fingerprint density at radius 3 is 2.53 bits per heavy atom. The molecule has 6 heteroatoms. The SMILES string of the molecule is Cc1ccc(C)c(OCCCOc2ccccc2/C=N/NC(=O)c2ccncc2)c1. The van der Waals surface area contributed by atoms with Gasteiger partial charge in [0, 0.05) is 29.9 Å². The van der Waals surface area contributed by atoms with Gasteiger partial charge in [-0.05, 0) is 55.3 Å². The van der Waals surface area contributed by atoms with E-state index in [1.165, 1.54) is 5.56 Å². The third-order valence-electron chi connectivity index (χ3n) is 4.38. The zero-order valence-corrected chi connectivity index (χ0v) is 17.2. The Labute approximate surface area is 176 Å². The molecule has 30 heavy (non-hydrogen) atoms. The summed E-state index contributed by atoms with van der Waals surface area (Å²) >= 11 is 0. The average Bonchev–Trinajstić information content (AvgIpc) is 2.77. The van der Waals surface area contributed by atoms with Crippen LogP contribution in [0.2, 0.25) is 0 Å². The maximum Gasteiger partial charge on any atom is 0.271 e. The zero-order chi connectivity index (χ0) is 21.2. The number of amides is 1. The molecular formula is C24H25N3O3. The van der Waals surface area contributed by atoms with E-state index >= 15 is 0 Å². The number of pyridine rings is 1. The maximum atomic E-state index is 12.0. The molecule has 0 aliphatic carbocycles. The van der Waals surface area contributed by atoms with Gasteiger partial charge in [-0.2, -0.15) is 5.10 Å². The molecule has 0 aliphatic rings. The van der Waals surface area contributed by atoms with E-state index in [1.54, 1.807) is 30.7 Å². The highest BCUT2D eigenvalue weighted by Crippen LogP contribution is 2.19. The van der Waals surface area contributed by atoms with E-state index in [1.807, 2.05) is 44.2 Å². The van der Waals surface area contributed by atoms with Crippen molar-refractivity contribution in [1.29, 1.82) is 0 Å². The van der Waals surface area contributed by atoms with Gasteiger partial charge in [0.2, 0.25) is 0 Å². The van der Waals surface area contributed by atoms with Gasteiger partial charge >= 0.3 is 0 Å². The van der Waals surface area contributed by atoms with Gasteiger partial charge in [-0.25, -0.2) is 5.43 Å². The lowest BCUT2D eigenvalue weighted by atomic mass is 10.1. The second kappa shape index (κ2) is 10.8. The number of carbonyl (C=O) groups is 1. The van der Waals surface area contributed by atoms with Crippen LogP contribution in [0.5, 0.6) is 11.5 Å². The van der Waals surface area contributed by atoms with Gasteiger partial charge in [-0.3, -0.25) is 9.78 Å². The van der Waals surface area contributed by atoms with E-state index in [9.17, 15) is 4.79 Å². The predicted molar refractivity (Wildman–Crippen MR) is 117 cm³/mol. The first-order chi connectivity index (χ1) is 14.6. The second-order valence-electron chi connectivity index (χ2n) is 6.79. The van der Waals surface area contributed by atoms with Crippen LogP contribution in [0.1, 0.15) is 33.5 Å². The molecule has 6 nitrogen and oxygen atoms in total. The Hall–Kier alpha value is -3.67. The highest BCUT2D eigenvalue weighted by Gasteiger charge is 2.04. The van der Waals surface area contributed by atoms with Crippen LogP contribution in [-0.4, -0.2) is 30.3 Å². The summed E-state index contributed by atoms with van der Waals surface area (Å²) in [5.74, 6) is 1.31. The summed E-state index contributed by atoms with van der Waals surface area (Å²) in [7, 11) is 0. The van der Waals surface area contributed by atoms with E-state index < -0.39 is 0 Å². The van der Waals surface area contributed by atoms with Crippen molar-refractivity contribution in [2.24, 2.45) is 5.10 Å². The average molecular weight is 403 g/mol. The van der Waals surface area contributed by atoms with Gasteiger partial charge in [0.25, 0.3) is 5.91 Å². The van der Waals surface area contributed by atoms with Crippen molar-refractivity contribution < 1.29 is 14.3 Å². The fourth-order valence-corrected chi connectivity index (χ4v) is 2.73. The third-order valence-corrected chi connectivity index (χ3v) is 4.38. The van der Waals surface area contributed by atoms with Crippen molar-refractivity contribution in [1.82, 2.24) is 10.4 Å². The molecule has 1 N–H and O–H groups in total. The van der Waals surface area contributed by atoms with Crippen LogP contribution in [0.4, 0.5) is 0 Å². The van der Waals surface area contributed by atoms with Gasteiger partial charge in [0.15, 0.2) is 0 Å². The Morgan fingerprint density at radius 2 is 1.73 bits per heavy atom. The van der Waals surface area contributed by atoms with Crippen molar-refractivity contribution in [2.45, 2.75) is 20.3 Å². The first-order valence-corrected chi connectivity index (χ1v) is 9.79. The molecule has 1 heterocycles. The van der Waals surface area contributed by atoms with Crippen molar-refractivity contribution in [3.63, 3.8) is 0 Å². The van der Waals surface area contributed by atoms with Crippen LogP contribution in [0, 0.1) is 13.8 Å². The number of carbonyl (C=O) groups excluding carboxylic acids is 1. The number of rotatable bonds is 9. The molecule has 2 aromatic carbocycles. The molecule has 0 bridgehead atoms. The number of hydrogen-bond donors (Lipinski definition) is 1. The minimum atomic E-state index is -0.296. The minimum Gasteiger partial charge on any atom is -0.493 e. The third kappa shape index (κ3) is 6.17. The summed E-state index contributed by atoms with van der Waals surface area (Å²) < 4.78 is 11.7. The number of ether oxygens (including phenoxy) is 2. The van der Waals surface area contributed by atoms with Crippen LogP contribution < -0.4 is 14.9 Å². The molecule has 0 aliphatic heterocycles. The molecule has 0 radical (unpaired) electrons.